The lowest BCUT2D eigenvalue weighted by Crippen LogP contribution is -2.01. The first-order chi connectivity index (χ1) is 11.5. The van der Waals surface area contributed by atoms with E-state index in [-0.39, 0.29) is 34.1 Å². The van der Waals surface area contributed by atoms with Crippen LogP contribution in [0, 0.1) is 10.1 Å². The van der Waals surface area contributed by atoms with E-state index in [2.05, 4.69) is 4.98 Å². The zero-order valence-electron chi connectivity index (χ0n) is 12.5. The molecule has 2 aromatic heterocycles. The number of nitro benzene ring substituents is 1. The summed E-state index contributed by atoms with van der Waals surface area (Å²) >= 11 is 7.08. The Morgan fingerprint density at radius 2 is 2.00 bits per heavy atom. The molecule has 0 aliphatic heterocycles. The van der Waals surface area contributed by atoms with Crippen molar-refractivity contribution in [2.24, 2.45) is 0 Å². The molecule has 0 bridgehead atoms. The third-order valence-corrected chi connectivity index (χ3v) is 4.51. The highest BCUT2D eigenvalue weighted by Gasteiger charge is 2.30. The van der Waals surface area contributed by atoms with Crippen LogP contribution in [0.3, 0.4) is 0 Å². The molecule has 0 unspecified atom stereocenters. The number of carbonyl (C=O) groups excluding carboxylic acids is 1. The van der Waals surface area contributed by atoms with Gasteiger partial charge in [0.15, 0.2) is 17.0 Å². The summed E-state index contributed by atoms with van der Waals surface area (Å²) < 4.78 is 12.2. The lowest BCUT2D eigenvalue weighted by atomic mass is 10.1. The summed E-state index contributed by atoms with van der Waals surface area (Å²) in [4.78, 5) is 27.3. The van der Waals surface area contributed by atoms with E-state index in [1.54, 1.807) is 0 Å². The molecule has 0 aliphatic carbocycles. The van der Waals surface area contributed by atoms with E-state index in [0.29, 0.717) is 15.6 Å². The van der Waals surface area contributed by atoms with E-state index < -0.39 is 4.92 Å². The predicted octanol–water partition coefficient (Wildman–Crippen LogP) is 3.45. The van der Waals surface area contributed by atoms with Gasteiger partial charge in [-0.05, 0) is 12.1 Å². The monoisotopic (exact) mass is 367 g/mol. The van der Waals surface area contributed by atoms with Crippen LogP contribution in [-0.2, 0) is 0 Å². The van der Waals surface area contributed by atoms with Crippen LogP contribution in [-0.4, -0.2) is 34.8 Å². The Hall–Kier alpha value is -2.65. The average Bonchev–Trinajstić information content (AvgIpc) is 3.08. The Labute approximate surface area is 144 Å². The molecular formula is C14H10ClN3O5S. The van der Waals surface area contributed by atoms with Crippen LogP contribution < -0.4 is 9.47 Å². The van der Waals surface area contributed by atoms with Crippen molar-refractivity contribution in [2.75, 3.05) is 14.2 Å². The van der Waals surface area contributed by atoms with E-state index in [1.165, 1.54) is 36.9 Å². The van der Waals surface area contributed by atoms with E-state index in [0.717, 1.165) is 11.3 Å². The number of carbonyl (C=O) groups is 1. The van der Waals surface area contributed by atoms with Crippen molar-refractivity contribution in [1.82, 2.24) is 9.38 Å². The van der Waals surface area contributed by atoms with Gasteiger partial charge in [0.2, 0.25) is 0 Å². The van der Waals surface area contributed by atoms with Gasteiger partial charge < -0.3 is 9.47 Å². The van der Waals surface area contributed by atoms with Gasteiger partial charge in [0.1, 0.15) is 27.0 Å². The number of fused-ring (bicyclic) bond motifs is 1. The van der Waals surface area contributed by atoms with Gasteiger partial charge in [0.05, 0.1) is 19.1 Å². The van der Waals surface area contributed by atoms with Crippen LogP contribution in [0.2, 0.25) is 4.34 Å². The van der Waals surface area contributed by atoms with Crippen molar-refractivity contribution in [1.29, 1.82) is 0 Å². The number of aldehydes is 1. The molecule has 10 heteroatoms. The van der Waals surface area contributed by atoms with Gasteiger partial charge in [-0.15, -0.1) is 0 Å². The normalized spacial score (nSPS) is 10.8. The number of nitro groups is 1. The third kappa shape index (κ3) is 2.38. The molecule has 2 heterocycles. The Kier molecular flexibility index (Phi) is 4.12. The predicted molar refractivity (Wildman–Crippen MR) is 88.7 cm³/mol. The lowest BCUT2D eigenvalue weighted by Gasteiger charge is -2.10. The number of thiazole rings is 1. The molecule has 0 saturated heterocycles. The average molecular weight is 368 g/mol. The fourth-order valence-corrected chi connectivity index (χ4v) is 3.45. The van der Waals surface area contributed by atoms with Crippen molar-refractivity contribution < 1.29 is 19.2 Å². The molecule has 124 valence electrons. The number of aromatic nitrogens is 2. The summed E-state index contributed by atoms with van der Waals surface area (Å²) in [7, 11) is 2.70. The molecule has 0 fully saturated rings. The zero-order chi connectivity index (χ0) is 17.4. The number of ether oxygens (including phenoxy) is 2. The minimum absolute atomic E-state index is 0.0436. The quantitative estimate of drug-likeness (QED) is 0.389. The van der Waals surface area contributed by atoms with Crippen LogP contribution in [0.25, 0.3) is 16.2 Å². The van der Waals surface area contributed by atoms with Crippen molar-refractivity contribution in [3.8, 4) is 22.8 Å². The van der Waals surface area contributed by atoms with E-state index in [4.69, 9.17) is 21.1 Å². The molecule has 24 heavy (non-hydrogen) atoms. The van der Waals surface area contributed by atoms with Crippen molar-refractivity contribution in [2.45, 2.75) is 0 Å². The molecule has 0 atom stereocenters. The van der Waals surface area contributed by atoms with Crippen molar-refractivity contribution in [3.63, 3.8) is 0 Å². The van der Waals surface area contributed by atoms with Gasteiger partial charge >= 0.3 is 5.69 Å². The van der Waals surface area contributed by atoms with Crippen LogP contribution >= 0.6 is 22.9 Å². The zero-order valence-corrected chi connectivity index (χ0v) is 14.1. The van der Waals surface area contributed by atoms with Gasteiger partial charge in [0, 0.05) is 6.20 Å². The second-order valence-electron chi connectivity index (χ2n) is 4.60. The Morgan fingerprint density at radius 1 is 1.33 bits per heavy atom. The maximum atomic E-state index is 11.6. The fraction of sp³-hybridized carbons (Fsp3) is 0.143. The number of benzene rings is 1. The van der Waals surface area contributed by atoms with Gasteiger partial charge in [-0.3, -0.25) is 19.3 Å². The Bertz CT molecular complexity index is 965. The molecule has 0 saturated carbocycles. The van der Waals surface area contributed by atoms with Gasteiger partial charge in [-0.1, -0.05) is 22.9 Å². The fourth-order valence-electron chi connectivity index (χ4n) is 2.43. The van der Waals surface area contributed by atoms with Crippen LogP contribution in [0.1, 0.15) is 10.5 Å². The first-order valence-corrected chi connectivity index (χ1v) is 7.73. The molecule has 0 aliphatic rings. The molecule has 0 amide bonds. The first kappa shape index (κ1) is 16.2. The Morgan fingerprint density at radius 3 is 2.58 bits per heavy atom. The second-order valence-corrected chi connectivity index (χ2v) is 6.24. The van der Waals surface area contributed by atoms with Gasteiger partial charge in [0.25, 0.3) is 0 Å². The van der Waals surface area contributed by atoms with Crippen LogP contribution in [0.15, 0.2) is 18.3 Å². The van der Waals surface area contributed by atoms with Crippen molar-refractivity contribution in [3.05, 3.63) is 38.5 Å². The summed E-state index contributed by atoms with van der Waals surface area (Å²) in [5.74, 6) is 0.254. The van der Waals surface area contributed by atoms with Crippen LogP contribution in [0.5, 0.6) is 11.5 Å². The summed E-state index contributed by atoms with van der Waals surface area (Å²) in [5, 5.41) is 11.6. The number of imidazole rings is 1. The number of rotatable bonds is 5. The standard InChI is InChI=1S/C14H10ClN3O5S/c1-22-8-3-4-9(23-2)13(18(20)21)11(8)12-7(6-19)17-5-10(15)24-14(17)16-12/h3-6H,1-2H3. The second kappa shape index (κ2) is 6.10. The van der Waals surface area contributed by atoms with E-state index >= 15 is 0 Å². The number of hydrogen-bond donors (Lipinski definition) is 0. The summed E-state index contributed by atoms with van der Waals surface area (Å²) in [6.07, 6.45) is 2.10. The first-order valence-electron chi connectivity index (χ1n) is 6.54. The Balaban J connectivity index is 2.42. The minimum atomic E-state index is -0.592. The highest BCUT2D eigenvalue weighted by atomic mass is 35.5. The number of nitrogens with zero attached hydrogens (tertiary/aromatic N) is 3. The highest BCUT2D eigenvalue weighted by Crippen LogP contribution is 2.45. The summed E-state index contributed by atoms with van der Waals surface area (Å²) in [6, 6.07) is 2.95. The van der Waals surface area contributed by atoms with E-state index in [1.807, 2.05) is 0 Å². The third-order valence-electron chi connectivity index (χ3n) is 3.41. The number of methoxy groups -OCH3 is 2. The van der Waals surface area contributed by atoms with Gasteiger partial charge in [-0.25, -0.2) is 4.98 Å². The highest BCUT2D eigenvalue weighted by molar-refractivity contribution is 7.20. The lowest BCUT2D eigenvalue weighted by molar-refractivity contribution is -0.385. The molecule has 0 radical (unpaired) electrons. The molecule has 3 rings (SSSR count). The molecule has 0 N–H and O–H groups in total. The molecule has 1 aromatic carbocycles. The smallest absolute Gasteiger partial charge is 0.324 e. The maximum absolute atomic E-state index is 11.6. The van der Waals surface area contributed by atoms with Gasteiger partial charge in [-0.2, -0.15) is 0 Å². The summed E-state index contributed by atoms with van der Waals surface area (Å²) in [5.41, 5.74) is 0.0333. The van der Waals surface area contributed by atoms with E-state index in [9.17, 15) is 14.9 Å². The molecule has 8 nitrogen and oxygen atoms in total. The number of halogens is 1. The summed E-state index contributed by atoms with van der Waals surface area (Å²) in [6.45, 7) is 0. The van der Waals surface area contributed by atoms with Crippen LogP contribution in [0.4, 0.5) is 5.69 Å². The SMILES string of the molecule is COc1ccc(OC)c([N+](=O)[O-])c1-c1nc2sc(Cl)cn2c1C=O. The molecule has 3 aromatic rings. The largest absolute Gasteiger partial charge is 0.496 e. The molecular weight excluding hydrogens is 358 g/mol. The van der Waals surface area contributed by atoms with Crippen molar-refractivity contribution >= 4 is 39.9 Å². The topological polar surface area (TPSA) is 96.0 Å². The maximum Gasteiger partial charge on any atom is 0.324 e. The number of hydrogen-bond acceptors (Lipinski definition) is 7. The molecule has 0 spiro atoms. The minimum Gasteiger partial charge on any atom is -0.496 e.